The van der Waals surface area contributed by atoms with Crippen LogP contribution in [0.25, 0.3) is 0 Å². The molecule has 1 aliphatic heterocycles. The molecule has 0 aromatic heterocycles. The average molecular weight is 407 g/mol. The number of piperidine rings is 1. The number of benzene rings is 2. The van der Waals surface area contributed by atoms with E-state index in [0.717, 1.165) is 24.1 Å². The van der Waals surface area contributed by atoms with Crippen molar-refractivity contribution in [3.8, 4) is 11.8 Å². The molecule has 0 saturated carbocycles. The zero-order valence-electron chi connectivity index (χ0n) is 18.5. The second kappa shape index (κ2) is 11.9. The van der Waals surface area contributed by atoms with Gasteiger partial charge < -0.3 is 14.4 Å². The van der Waals surface area contributed by atoms with E-state index in [-0.39, 0.29) is 6.10 Å². The second-order valence-electron chi connectivity index (χ2n) is 8.29. The van der Waals surface area contributed by atoms with Crippen molar-refractivity contribution in [2.75, 3.05) is 32.8 Å². The molecule has 1 saturated heterocycles. The average Bonchev–Trinajstić information content (AvgIpc) is 2.81. The fourth-order valence-electron chi connectivity index (χ4n) is 3.88. The van der Waals surface area contributed by atoms with Crippen molar-refractivity contribution in [2.45, 2.75) is 51.2 Å². The zero-order chi connectivity index (χ0) is 21.1. The van der Waals surface area contributed by atoms with Crippen LogP contribution >= 0.6 is 0 Å². The number of quaternary nitrogens is 1. The first-order valence-corrected chi connectivity index (χ1v) is 11.4. The van der Waals surface area contributed by atoms with E-state index in [2.05, 4.69) is 74.2 Å². The summed E-state index contributed by atoms with van der Waals surface area (Å²) in [4.78, 5) is 1.61. The van der Waals surface area contributed by atoms with Crippen LogP contribution in [0.4, 0.5) is 0 Å². The summed E-state index contributed by atoms with van der Waals surface area (Å²) >= 11 is 0. The van der Waals surface area contributed by atoms with Crippen molar-refractivity contribution >= 4 is 0 Å². The molecule has 2 aromatic rings. The first kappa shape index (κ1) is 22.6. The smallest absolute Gasteiger partial charge is 0.139 e. The van der Waals surface area contributed by atoms with Crippen LogP contribution in [0, 0.1) is 11.8 Å². The van der Waals surface area contributed by atoms with E-state index in [9.17, 15) is 0 Å². The molecule has 160 valence electrons. The monoisotopic (exact) mass is 406 g/mol. The van der Waals surface area contributed by atoms with E-state index in [1.54, 1.807) is 4.90 Å². The van der Waals surface area contributed by atoms with E-state index >= 15 is 0 Å². The summed E-state index contributed by atoms with van der Waals surface area (Å²) in [7, 11) is 0. The van der Waals surface area contributed by atoms with Gasteiger partial charge in [0.2, 0.25) is 0 Å². The molecule has 3 rings (SSSR count). The minimum Gasteiger partial charge on any atom is -0.366 e. The Bertz CT molecular complexity index is 750. The molecular weight excluding hydrogens is 370 g/mol. The molecule has 0 unspecified atom stereocenters. The van der Waals surface area contributed by atoms with E-state index in [1.165, 1.54) is 32.4 Å². The van der Waals surface area contributed by atoms with E-state index in [0.29, 0.717) is 13.2 Å². The van der Waals surface area contributed by atoms with Gasteiger partial charge in [-0.25, -0.2) is 0 Å². The number of hydrogen-bond acceptors (Lipinski definition) is 2. The highest BCUT2D eigenvalue weighted by Crippen LogP contribution is 2.25. The maximum absolute atomic E-state index is 6.28. The third-order valence-corrected chi connectivity index (χ3v) is 5.92. The third kappa shape index (κ3) is 6.99. The molecule has 0 amide bonds. The van der Waals surface area contributed by atoms with Gasteiger partial charge in [-0.15, -0.1) is 0 Å². The Balaban J connectivity index is 1.53. The Kier molecular flexibility index (Phi) is 8.96. The van der Waals surface area contributed by atoms with Crippen LogP contribution in [0.15, 0.2) is 60.7 Å². The summed E-state index contributed by atoms with van der Waals surface area (Å²) in [6.45, 7) is 8.74. The highest BCUT2D eigenvalue weighted by molar-refractivity contribution is 5.29. The minimum absolute atomic E-state index is 0.0855. The molecule has 3 nitrogen and oxygen atoms in total. The summed E-state index contributed by atoms with van der Waals surface area (Å²) in [6.07, 6.45) is 4.83. The van der Waals surface area contributed by atoms with Crippen molar-refractivity contribution in [2.24, 2.45) is 0 Å². The minimum atomic E-state index is -0.409. The SMILES string of the molecule is CC[C@@](C)(C#CC[NH+]1CCCCC1)OCCOC(c1ccccc1)c1ccccc1. The second-order valence-corrected chi connectivity index (χ2v) is 8.29. The van der Waals surface area contributed by atoms with E-state index in [4.69, 9.17) is 9.47 Å². The van der Waals surface area contributed by atoms with E-state index in [1.807, 2.05) is 12.1 Å². The van der Waals surface area contributed by atoms with Gasteiger partial charge in [0.25, 0.3) is 0 Å². The lowest BCUT2D eigenvalue weighted by atomic mass is 10.0. The molecule has 0 spiro atoms. The number of rotatable bonds is 9. The highest BCUT2D eigenvalue weighted by atomic mass is 16.5. The van der Waals surface area contributed by atoms with Crippen molar-refractivity contribution in [3.63, 3.8) is 0 Å². The quantitative estimate of drug-likeness (QED) is 0.502. The Labute approximate surface area is 182 Å². The number of ether oxygens (including phenoxy) is 2. The molecule has 3 heteroatoms. The summed E-state index contributed by atoms with van der Waals surface area (Å²) in [6, 6.07) is 20.7. The first-order chi connectivity index (χ1) is 14.7. The van der Waals surface area contributed by atoms with Crippen LogP contribution < -0.4 is 4.90 Å². The van der Waals surface area contributed by atoms with Gasteiger partial charge in [-0.3, -0.25) is 0 Å². The third-order valence-electron chi connectivity index (χ3n) is 5.92. The van der Waals surface area contributed by atoms with Gasteiger partial charge in [-0.2, -0.15) is 0 Å². The maximum atomic E-state index is 6.28. The largest absolute Gasteiger partial charge is 0.366 e. The highest BCUT2D eigenvalue weighted by Gasteiger charge is 2.21. The molecule has 1 atom stereocenters. The Hall–Kier alpha value is -2.12. The van der Waals surface area contributed by atoms with Gasteiger partial charge in [-0.1, -0.05) is 73.5 Å². The van der Waals surface area contributed by atoms with Crippen LogP contribution in [0.5, 0.6) is 0 Å². The molecule has 1 heterocycles. The molecule has 1 aliphatic rings. The van der Waals surface area contributed by atoms with Crippen LogP contribution in [-0.4, -0.2) is 38.4 Å². The number of nitrogens with one attached hydrogen (secondary N) is 1. The van der Waals surface area contributed by atoms with E-state index < -0.39 is 5.60 Å². The topological polar surface area (TPSA) is 22.9 Å². The Morgan fingerprint density at radius 3 is 2.07 bits per heavy atom. The predicted octanol–water partition coefficient (Wildman–Crippen LogP) is 4.05. The van der Waals surface area contributed by atoms with Gasteiger partial charge >= 0.3 is 0 Å². The molecule has 0 radical (unpaired) electrons. The van der Waals surface area contributed by atoms with Gasteiger partial charge in [0.1, 0.15) is 18.2 Å². The lowest BCUT2D eigenvalue weighted by Gasteiger charge is -2.25. The normalized spacial score (nSPS) is 16.6. The van der Waals surface area contributed by atoms with Gasteiger partial charge in [-0.05, 0) is 49.7 Å². The van der Waals surface area contributed by atoms with Crippen molar-refractivity contribution in [1.82, 2.24) is 0 Å². The van der Waals surface area contributed by atoms with Crippen molar-refractivity contribution < 1.29 is 14.4 Å². The molecule has 30 heavy (non-hydrogen) atoms. The lowest BCUT2D eigenvalue weighted by molar-refractivity contribution is -0.897. The van der Waals surface area contributed by atoms with Crippen LogP contribution in [-0.2, 0) is 9.47 Å². The van der Waals surface area contributed by atoms with Gasteiger partial charge in [0, 0.05) is 0 Å². The van der Waals surface area contributed by atoms with Crippen molar-refractivity contribution in [1.29, 1.82) is 0 Å². The molecule has 0 bridgehead atoms. The Morgan fingerprint density at radius 1 is 0.900 bits per heavy atom. The van der Waals surface area contributed by atoms with Gasteiger partial charge in [0.15, 0.2) is 0 Å². The molecule has 2 aromatic carbocycles. The van der Waals surface area contributed by atoms with Crippen molar-refractivity contribution in [3.05, 3.63) is 71.8 Å². The van der Waals surface area contributed by atoms with Crippen LogP contribution in [0.2, 0.25) is 0 Å². The van der Waals surface area contributed by atoms with Crippen LogP contribution in [0.3, 0.4) is 0 Å². The zero-order valence-corrected chi connectivity index (χ0v) is 18.5. The summed E-state index contributed by atoms with van der Waals surface area (Å²) in [5.41, 5.74) is 1.91. The molecule has 1 fully saturated rings. The fourth-order valence-corrected chi connectivity index (χ4v) is 3.88. The van der Waals surface area contributed by atoms with Gasteiger partial charge in [0.05, 0.1) is 26.3 Å². The number of hydrogen-bond donors (Lipinski definition) is 1. The summed E-state index contributed by atoms with van der Waals surface area (Å²) in [5.74, 6) is 6.79. The number of likely N-dealkylation sites (tertiary alicyclic amines) is 1. The molecule has 1 N–H and O–H groups in total. The Morgan fingerprint density at radius 2 is 1.50 bits per heavy atom. The standard InChI is InChI=1S/C27H35NO2/c1-3-27(2,18-13-21-28-19-11-6-12-20-28)30-23-22-29-26(24-14-7-4-8-15-24)25-16-9-5-10-17-25/h4-5,7-10,14-17,26H,3,6,11-12,19-23H2,1-2H3/p+1/t27-/m0/s1. The maximum Gasteiger partial charge on any atom is 0.139 e. The summed E-state index contributed by atoms with van der Waals surface area (Å²) in [5, 5.41) is 0. The van der Waals surface area contributed by atoms with Crippen LogP contribution in [0.1, 0.15) is 56.8 Å². The summed E-state index contributed by atoms with van der Waals surface area (Å²) < 4.78 is 12.5. The lowest BCUT2D eigenvalue weighted by Crippen LogP contribution is -3.12. The first-order valence-electron chi connectivity index (χ1n) is 11.4. The molecular formula is C27H36NO2+. The fraction of sp³-hybridized carbons (Fsp3) is 0.481. The molecule has 0 aliphatic carbocycles. The predicted molar refractivity (Wildman–Crippen MR) is 123 cm³/mol.